The lowest BCUT2D eigenvalue weighted by Crippen LogP contribution is -2.46. The largest absolute Gasteiger partial charge is 0.475 e. The van der Waals surface area contributed by atoms with Crippen LogP contribution in [0.1, 0.15) is 28.3 Å². The molecule has 0 aliphatic carbocycles. The van der Waals surface area contributed by atoms with Crippen molar-refractivity contribution in [3.8, 4) is 0 Å². The van der Waals surface area contributed by atoms with Crippen molar-refractivity contribution in [2.24, 2.45) is 0 Å². The lowest BCUT2D eigenvalue weighted by atomic mass is 10.2. The highest BCUT2D eigenvalue weighted by Gasteiger charge is 2.42. The zero-order valence-corrected chi connectivity index (χ0v) is 15.6. The fourth-order valence-electron chi connectivity index (χ4n) is 2.93. The summed E-state index contributed by atoms with van der Waals surface area (Å²) in [6, 6.07) is 5.18. The van der Waals surface area contributed by atoms with Crippen molar-refractivity contribution >= 4 is 33.2 Å². The molecule has 1 aliphatic heterocycles. The summed E-state index contributed by atoms with van der Waals surface area (Å²) in [5.74, 6) is -2.10. The Labute approximate surface area is 154 Å². The molecule has 1 fully saturated rings. The normalized spacial score (nSPS) is 18.1. The Morgan fingerprint density at radius 1 is 1.38 bits per heavy atom. The second kappa shape index (κ2) is 7.22. The molecule has 10 heteroatoms. The maximum absolute atomic E-state index is 12.8. The van der Waals surface area contributed by atoms with Gasteiger partial charge in [-0.1, -0.05) is 6.07 Å². The third kappa shape index (κ3) is 3.53. The van der Waals surface area contributed by atoms with Crippen LogP contribution < -0.4 is 0 Å². The number of carbonyl (C=O) groups is 2. The highest BCUT2D eigenvalue weighted by molar-refractivity contribution is 7.89. The fourth-order valence-corrected chi connectivity index (χ4v) is 5.26. The average molecular weight is 398 g/mol. The Bertz CT molecular complexity index is 903. The van der Waals surface area contributed by atoms with Gasteiger partial charge in [0.2, 0.25) is 16.8 Å². The van der Waals surface area contributed by atoms with E-state index in [1.165, 1.54) is 16.2 Å². The summed E-state index contributed by atoms with van der Waals surface area (Å²) in [7, 11) is -2.44. The van der Waals surface area contributed by atoms with Crippen molar-refractivity contribution in [3.05, 3.63) is 40.3 Å². The Morgan fingerprint density at radius 2 is 2.15 bits per heavy atom. The van der Waals surface area contributed by atoms with Crippen molar-refractivity contribution in [3.63, 3.8) is 0 Å². The van der Waals surface area contributed by atoms with Crippen LogP contribution in [0.4, 0.5) is 0 Å². The van der Waals surface area contributed by atoms with Gasteiger partial charge in [-0.25, -0.2) is 13.2 Å². The molecule has 8 nitrogen and oxygen atoms in total. The number of thiophene rings is 1. The number of carboxylic acids is 1. The summed E-state index contributed by atoms with van der Waals surface area (Å²) in [5, 5.41) is 10.4. The molecule has 2 aromatic rings. The quantitative estimate of drug-likeness (QED) is 0.796. The maximum atomic E-state index is 12.8. The third-order valence-corrected chi connectivity index (χ3v) is 6.84. The number of rotatable bonds is 6. The summed E-state index contributed by atoms with van der Waals surface area (Å²) in [5.41, 5.74) is 0. The molecule has 0 saturated carbocycles. The van der Waals surface area contributed by atoms with Crippen LogP contribution in [-0.2, 0) is 21.4 Å². The molecule has 0 aromatic carbocycles. The number of likely N-dealkylation sites (N-methyl/N-ethyl adjacent to an activating group) is 1. The molecule has 1 unspecified atom stereocenters. The van der Waals surface area contributed by atoms with Gasteiger partial charge in [0.05, 0.1) is 6.54 Å². The van der Waals surface area contributed by atoms with E-state index < -0.39 is 32.9 Å². The van der Waals surface area contributed by atoms with Crippen molar-refractivity contribution in [2.75, 3.05) is 13.6 Å². The van der Waals surface area contributed by atoms with Crippen LogP contribution in [0.2, 0.25) is 0 Å². The van der Waals surface area contributed by atoms with E-state index in [0.717, 1.165) is 21.3 Å². The van der Waals surface area contributed by atoms with Gasteiger partial charge < -0.3 is 14.4 Å². The standard InChI is InChI=1S/C16H18N2O6S2/c1-17(10-11-4-3-9-25-11)15(19)12-5-2-8-18(12)26(22,23)14-7-6-13(24-14)16(20)21/h3-4,6-7,9,12H,2,5,8,10H2,1H3,(H,20,21). The van der Waals surface area contributed by atoms with Gasteiger partial charge in [-0.15, -0.1) is 11.3 Å². The van der Waals surface area contributed by atoms with E-state index in [0.29, 0.717) is 19.4 Å². The molecule has 0 bridgehead atoms. The summed E-state index contributed by atoms with van der Waals surface area (Å²) < 4.78 is 31.6. The number of carbonyl (C=O) groups excluding carboxylic acids is 1. The molecule has 0 spiro atoms. The van der Waals surface area contributed by atoms with E-state index in [1.54, 1.807) is 7.05 Å². The Hall–Kier alpha value is -2.17. The lowest BCUT2D eigenvalue weighted by Gasteiger charge is -2.26. The smallest absolute Gasteiger partial charge is 0.371 e. The van der Waals surface area contributed by atoms with Crippen LogP contribution in [-0.4, -0.2) is 54.2 Å². The first kappa shape index (κ1) is 18.6. The molecule has 1 amide bonds. The van der Waals surface area contributed by atoms with E-state index in [4.69, 9.17) is 9.52 Å². The number of furan rings is 1. The summed E-state index contributed by atoms with van der Waals surface area (Å²) in [4.78, 5) is 26.2. The predicted molar refractivity (Wildman–Crippen MR) is 93.4 cm³/mol. The molecule has 3 heterocycles. The highest BCUT2D eigenvalue weighted by Crippen LogP contribution is 2.28. The number of nitrogens with zero attached hydrogens (tertiary/aromatic N) is 2. The molecule has 1 aliphatic rings. The van der Waals surface area contributed by atoms with Gasteiger partial charge in [0.1, 0.15) is 6.04 Å². The van der Waals surface area contributed by atoms with Crippen molar-refractivity contribution in [2.45, 2.75) is 30.5 Å². The Morgan fingerprint density at radius 3 is 2.77 bits per heavy atom. The van der Waals surface area contributed by atoms with Gasteiger partial charge in [-0.2, -0.15) is 4.31 Å². The van der Waals surface area contributed by atoms with Gasteiger partial charge in [0.25, 0.3) is 10.0 Å². The minimum absolute atomic E-state index is 0.189. The average Bonchev–Trinajstić information content (AvgIpc) is 3.33. The van der Waals surface area contributed by atoms with Crippen LogP contribution in [0.15, 0.2) is 39.2 Å². The van der Waals surface area contributed by atoms with Gasteiger partial charge in [-0.3, -0.25) is 4.79 Å². The topological polar surface area (TPSA) is 108 Å². The molecule has 1 atom stereocenters. The molecule has 3 rings (SSSR count). The highest BCUT2D eigenvalue weighted by atomic mass is 32.2. The SMILES string of the molecule is CN(Cc1cccs1)C(=O)C1CCCN1S(=O)(=O)c1ccc(C(=O)O)o1. The minimum Gasteiger partial charge on any atom is -0.475 e. The number of hydrogen-bond acceptors (Lipinski definition) is 6. The van der Waals surface area contributed by atoms with Crippen molar-refractivity contribution < 1.29 is 27.5 Å². The molecular weight excluding hydrogens is 380 g/mol. The molecular formula is C16H18N2O6S2. The van der Waals surface area contributed by atoms with Gasteiger partial charge in [-0.05, 0) is 36.4 Å². The van der Waals surface area contributed by atoms with Gasteiger partial charge in [0.15, 0.2) is 0 Å². The van der Waals surface area contributed by atoms with Crippen LogP contribution in [0, 0.1) is 0 Å². The lowest BCUT2D eigenvalue weighted by molar-refractivity contribution is -0.133. The van der Waals surface area contributed by atoms with Crippen molar-refractivity contribution in [1.82, 2.24) is 9.21 Å². The van der Waals surface area contributed by atoms with Crippen LogP contribution in [0.3, 0.4) is 0 Å². The first-order valence-electron chi connectivity index (χ1n) is 7.93. The zero-order chi connectivity index (χ0) is 18.9. The number of hydrogen-bond donors (Lipinski definition) is 1. The molecule has 1 saturated heterocycles. The van der Waals surface area contributed by atoms with E-state index in [9.17, 15) is 18.0 Å². The predicted octanol–water partition coefficient (Wildman–Crippen LogP) is 1.85. The minimum atomic E-state index is -4.08. The zero-order valence-electron chi connectivity index (χ0n) is 14.0. The van der Waals surface area contributed by atoms with Crippen LogP contribution >= 0.6 is 11.3 Å². The summed E-state index contributed by atoms with van der Waals surface area (Å²) in [6.45, 7) is 0.597. The van der Waals surface area contributed by atoms with Crippen LogP contribution in [0.5, 0.6) is 0 Å². The molecule has 0 radical (unpaired) electrons. The summed E-state index contributed by atoms with van der Waals surface area (Å²) in [6.07, 6.45) is 0.967. The number of carboxylic acid groups (broad SMARTS) is 1. The monoisotopic (exact) mass is 398 g/mol. The van der Waals surface area contributed by atoms with E-state index in [-0.39, 0.29) is 12.5 Å². The second-order valence-electron chi connectivity index (χ2n) is 5.97. The molecule has 26 heavy (non-hydrogen) atoms. The molecule has 2 aromatic heterocycles. The molecule has 140 valence electrons. The molecule has 1 N–H and O–H groups in total. The third-order valence-electron chi connectivity index (χ3n) is 4.19. The summed E-state index contributed by atoms with van der Waals surface area (Å²) >= 11 is 1.52. The number of sulfonamides is 1. The number of aromatic carboxylic acids is 1. The Balaban J connectivity index is 1.80. The Kier molecular flexibility index (Phi) is 5.17. The van der Waals surface area contributed by atoms with Gasteiger partial charge in [0, 0.05) is 18.5 Å². The van der Waals surface area contributed by atoms with E-state index in [2.05, 4.69) is 0 Å². The first-order chi connectivity index (χ1) is 12.3. The van der Waals surface area contributed by atoms with Crippen LogP contribution in [0.25, 0.3) is 0 Å². The van der Waals surface area contributed by atoms with E-state index >= 15 is 0 Å². The first-order valence-corrected chi connectivity index (χ1v) is 10.2. The van der Waals surface area contributed by atoms with Gasteiger partial charge >= 0.3 is 5.97 Å². The fraction of sp³-hybridized carbons (Fsp3) is 0.375. The number of amides is 1. The van der Waals surface area contributed by atoms with E-state index in [1.807, 2.05) is 17.5 Å². The van der Waals surface area contributed by atoms with Crippen molar-refractivity contribution in [1.29, 1.82) is 0 Å². The maximum Gasteiger partial charge on any atom is 0.371 e. The second-order valence-corrected chi connectivity index (χ2v) is 8.83.